The normalized spacial score (nSPS) is 13.6. The number of hydrogen-bond acceptors (Lipinski definition) is 3. The molecule has 2 atom stereocenters. The summed E-state index contributed by atoms with van der Waals surface area (Å²) in [6.07, 6.45) is 0. The molecule has 25 heavy (non-hydrogen) atoms. The number of ether oxygens (including phenoxy) is 1. The maximum absolute atomic E-state index is 9.44. The van der Waals surface area contributed by atoms with E-state index in [0.29, 0.717) is 17.6 Å². The van der Waals surface area contributed by atoms with Crippen LogP contribution in [0.5, 0.6) is 11.5 Å². The summed E-state index contributed by atoms with van der Waals surface area (Å²) in [5.74, 6) is 2.03. The SMILES string of the molecule is CCN(CC)CCOc1ccc([C@H](C)[C@@H](C)c2ccc(O)cc2)cc1. The van der Waals surface area contributed by atoms with E-state index in [1.54, 1.807) is 12.1 Å². The summed E-state index contributed by atoms with van der Waals surface area (Å²) >= 11 is 0. The second kappa shape index (κ2) is 9.47. The lowest BCUT2D eigenvalue weighted by atomic mass is 9.84. The predicted octanol–water partition coefficient (Wildman–Crippen LogP) is 5.02. The average Bonchev–Trinajstić information content (AvgIpc) is 2.65. The number of phenols is 1. The molecule has 0 aromatic heterocycles. The molecular weight excluding hydrogens is 310 g/mol. The van der Waals surface area contributed by atoms with E-state index in [-0.39, 0.29) is 0 Å². The van der Waals surface area contributed by atoms with Crippen LogP contribution in [0.1, 0.15) is 50.7 Å². The second-order valence-corrected chi connectivity index (χ2v) is 6.61. The first kappa shape index (κ1) is 19.3. The van der Waals surface area contributed by atoms with Gasteiger partial charge in [0.2, 0.25) is 0 Å². The fourth-order valence-electron chi connectivity index (χ4n) is 3.06. The van der Waals surface area contributed by atoms with Gasteiger partial charge in [0, 0.05) is 6.54 Å². The molecule has 1 N–H and O–H groups in total. The number of aromatic hydroxyl groups is 1. The summed E-state index contributed by atoms with van der Waals surface area (Å²) in [6.45, 7) is 12.6. The molecule has 136 valence electrons. The summed E-state index contributed by atoms with van der Waals surface area (Å²) in [4.78, 5) is 2.36. The molecule has 2 rings (SSSR count). The van der Waals surface area contributed by atoms with Gasteiger partial charge in [0.15, 0.2) is 0 Å². The van der Waals surface area contributed by atoms with Gasteiger partial charge in [0.1, 0.15) is 18.1 Å². The standard InChI is InChI=1S/C22H31NO2/c1-5-23(6-2)15-16-25-22-13-9-20(10-14-22)18(4)17(3)19-7-11-21(24)12-8-19/h7-14,17-18,24H,5-6,15-16H2,1-4H3/t17-,18-/m1/s1. The maximum atomic E-state index is 9.44. The van der Waals surface area contributed by atoms with E-state index >= 15 is 0 Å². The fourth-order valence-corrected chi connectivity index (χ4v) is 3.06. The Bertz CT molecular complexity index is 617. The molecule has 2 aromatic carbocycles. The van der Waals surface area contributed by atoms with Crippen molar-refractivity contribution < 1.29 is 9.84 Å². The van der Waals surface area contributed by atoms with Crippen LogP contribution in [0.4, 0.5) is 0 Å². The first-order valence-electron chi connectivity index (χ1n) is 9.29. The highest BCUT2D eigenvalue weighted by Crippen LogP contribution is 2.33. The van der Waals surface area contributed by atoms with Crippen LogP contribution in [0.3, 0.4) is 0 Å². The van der Waals surface area contributed by atoms with E-state index in [1.807, 2.05) is 12.1 Å². The van der Waals surface area contributed by atoms with Crippen molar-refractivity contribution in [2.75, 3.05) is 26.2 Å². The van der Waals surface area contributed by atoms with Crippen molar-refractivity contribution >= 4 is 0 Å². The van der Waals surface area contributed by atoms with E-state index in [9.17, 15) is 5.11 Å². The van der Waals surface area contributed by atoms with Crippen LogP contribution in [0.25, 0.3) is 0 Å². The molecule has 0 spiro atoms. The maximum Gasteiger partial charge on any atom is 0.119 e. The molecule has 0 saturated carbocycles. The first-order chi connectivity index (χ1) is 12.0. The summed E-state index contributed by atoms with van der Waals surface area (Å²) in [7, 11) is 0. The minimum atomic E-state index is 0.315. The lowest BCUT2D eigenvalue weighted by Crippen LogP contribution is -2.27. The zero-order chi connectivity index (χ0) is 18.2. The zero-order valence-electron chi connectivity index (χ0n) is 15.9. The van der Waals surface area contributed by atoms with Crippen LogP contribution in [-0.4, -0.2) is 36.2 Å². The van der Waals surface area contributed by atoms with Gasteiger partial charge in [0.05, 0.1) is 0 Å². The van der Waals surface area contributed by atoms with Crippen LogP contribution in [0.15, 0.2) is 48.5 Å². The molecule has 3 heteroatoms. The molecule has 0 fully saturated rings. The monoisotopic (exact) mass is 341 g/mol. The van der Waals surface area contributed by atoms with Crippen LogP contribution >= 0.6 is 0 Å². The molecule has 0 heterocycles. The van der Waals surface area contributed by atoms with E-state index < -0.39 is 0 Å². The summed E-state index contributed by atoms with van der Waals surface area (Å²) in [6, 6.07) is 16.0. The zero-order valence-corrected chi connectivity index (χ0v) is 15.9. The fraction of sp³-hybridized carbons (Fsp3) is 0.455. The second-order valence-electron chi connectivity index (χ2n) is 6.61. The van der Waals surface area contributed by atoms with Crippen molar-refractivity contribution in [2.24, 2.45) is 0 Å². The summed E-state index contributed by atoms with van der Waals surface area (Å²) in [5, 5.41) is 9.44. The van der Waals surface area contributed by atoms with E-state index in [4.69, 9.17) is 4.74 Å². The largest absolute Gasteiger partial charge is 0.508 e. The number of likely N-dealkylation sites (N-methyl/N-ethyl adjacent to an activating group) is 1. The molecule has 0 saturated heterocycles. The Hall–Kier alpha value is -2.00. The topological polar surface area (TPSA) is 32.7 Å². The van der Waals surface area contributed by atoms with Gasteiger partial charge in [-0.1, -0.05) is 52.0 Å². The van der Waals surface area contributed by atoms with Crippen LogP contribution in [-0.2, 0) is 0 Å². The summed E-state index contributed by atoms with van der Waals surface area (Å²) in [5.41, 5.74) is 2.54. The van der Waals surface area contributed by atoms with Crippen molar-refractivity contribution in [1.82, 2.24) is 4.90 Å². The minimum absolute atomic E-state index is 0.315. The average molecular weight is 341 g/mol. The van der Waals surface area contributed by atoms with Crippen LogP contribution in [0, 0.1) is 0 Å². The van der Waals surface area contributed by atoms with Gasteiger partial charge < -0.3 is 14.7 Å². The number of benzene rings is 2. The third-order valence-corrected chi connectivity index (χ3v) is 5.15. The van der Waals surface area contributed by atoms with Gasteiger partial charge in [-0.15, -0.1) is 0 Å². The number of phenolic OH excluding ortho intramolecular Hbond substituents is 1. The highest BCUT2D eigenvalue weighted by Gasteiger charge is 2.16. The lowest BCUT2D eigenvalue weighted by Gasteiger charge is -2.21. The number of nitrogens with zero attached hydrogens (tertiary/aromatic N) is 1. The molecule has 0 aliphatic carbocycles. The van der Waals surface area contributed by atoms with Gasteiger partial charge in [0.25, 0.3) is 0 Å². The van der Waals surface area contributed by atoms with Gasteiger partial charge in [-0.3, -0.25) is 0 Å². The van der Waals surface area contributed by atoms with E-state index in [1.165, 1.54) is 11.1 Å². The molecule has 0 radical (unpaired) electrons. The molecule has 0 bridgehead atoms. The van der Waals surface area contributed by atoms with Gasteiger partial charge in [-0.2, -0.15) is 0 Å². The van der Waals surface area contributed by atoms with Crippen LogP contribution < -0.4 is 4.74 Å². The molecule has 0 aliphatic rings. The van der Waals surface area contributed by atoms with Crippen molar-refractivity contribution in [3.63, 3.8) is 0 Å². The number of rotatable bonds is 9. The molecule has 0 amide bonds. The quantitative estimate of drug-likeness (QED) is 0.695. The van der Waals surface area contributed by atoms with Gasteiger partial charge in [-0.05, 0) is 60.3 Å². The Labute approximate surface area is 152 Å². The number of hydrogen-bond donors (Lipinski definition) is 1. The van der Waals surface area contributed by atoms with E-state index in [0.717, 1.165) is 32.0 Å². The smallest absolute Gasteiger partial charge is 0.119 e. The first-order valence-corrected chi connectivity index (χ1v) is 9.29. The third-order valence-electron chi connectivity index (χ3n) is 5.15. The predicted molar refractivity (Wildman–Crippen MR) is 105 cm³/mol. The van der Waals surface area contributed by atoms with Gasteiger partial charge >= 0.3 is 0 Å². The molecule has 0 aliphatic heterocycles. The highest BCUT2D eigenvalue weighted by molar-refractivity contribution is 5.34. The lowest BCUT2D eigenvalue weighted by molar-refractivity contribution is 0.223. The Morgan fingerprint density at radius 1 is 0.840 bits per heavy atom. The third kappa shape index (κ3) is 5.50. The molecule has 3 nitrogen and oxygen atoms in total. The Balaban J connectivity index is 1.93. The van der Waals surface area contributed by atoms with Gasteiger partial charge in [-0.25, -0.2) is 0 Å². The van der Waals surface area contributed by atoms with Crippen molar-refractivity contribution in [3.8, 4) is 11.5 Å². The Morgan fingerprint density at radius 2 is 1.32 bits per heavy atom. The van der Waals surface area contributed by atoms with Crippen molar-refractivity contribution in [2.45, 2.75) is 39.5 Å². The summed E-state index contributed by atoms with van der Waals surface area (Å²) < 4.78 is 5.86. The Kier molecular flexibility index (Phi) is 7.32. The van der Waals surface area contributed by atoms with Crippen LogP contribution in [0.2, 0.25) is 0 Å². The van der Waals surface area contributed by atoms with E-state index in [2.05, 4.69) is 56.9 Å². The molecule has 0 unspecified atom stereocenters. The molecule has 2 aromatic rings. The minimum Gasteiger partial charge on any atom is -0.508 e. The van der Waals surface area contributed by atoms with Crippen molar-refractivity contribution in [1.29, 1.82) is 0 Å². The molecular formula is C22H31NO2. The highest BCUT2D eigenvalue weighted by atomic mass is 16.5. The Morgan fingerprint density at radius 3 is 1.80 bits per heavy atom. The van der Waals surface area contributed by atoms with Crippen molar-refractivity contribution in [3.05, 3.63) is 59.7 Å².